The number of nitrogens with two attached hydrogens (primary N) is 1. The molecule has 2 aromatic carbocycles. The van der Waals surface area contributed by atoms with Crippen molar-refractivity contribution in [3.05, 3.63) is 72.1 Å². The van der Waals surface area contributed by atoms with Crippen molar-refractivity contribution < 1.29 is 9.84 Å². The zero-order chi connectivity index (χ0) is 23.9. The van der Waals surface area contributed by atoms with Crippen LogP contribution in [0.2, 0.25) is 0 Å². The number of anilines is 2. The number of para-hydroxylation sites is 1. The molecular formula is C26H28N6O2. The Labute approximate surface area is 199 Å². The van der Waals surface area contributed by atoms with Crippen LogP contribution in [0.1, 0.15) is 30.9 Å². The van der Waals surface area contributed by atoms with Gasteiger partial charge < -0.3 is 20.9 Å². The third-order valence-electron chi connectivity index (χ3n) is 5.76. The Morgan fingerprint density at radius 1 is 1.21 bits per heavy atom. The van der Waals surface area contributed by atoms with Crippen LogP contribution in [0.4, 0.5) is 11.6 Å². The highest BCUT2D eigenvalue weighted by Crippen LogP contribution is 2.26. The van der Waals surface area contributed by atoms with Gasteiger partial charge in [-0.05, 0) is 56.2 Å². The monoisotopic (exact) mass is 456 g/mol. The molecule has 0 bridgehead atoms. The van der Waals surface area contributed by atoms with Crippen LogP contribution in [0, 0.1) is 17.3 Å². The Morgan fingerprint density at radius 3 is 2.68 bits per heavy atom. The van der Waals surface area contributed by atoms with Crippen molar-refractivity contribution in [2.24, 2.45) is 0 Å². The lowest BCUT2D eigenvalue weighted by atomic mass is 10.0. The number of nitrogens with one attached hydrogen (secondary N) is 2. The van der Waals surface area contributed by atoms with E-state index < -0.39 is 6.23 Å². The van der Waals surface area contributed by atoms with E-state index in [1.165, 1.54) is 6.33 Å². The van der Waals surface area contributed by atoms with Crippen molar-refractivity contribution in [1.82, 2.24) is 14.9 Å². The van der Waals surface area contributed by atoms with Crippen LogP contribution in [-0.2, 0) is 0 Å². The molecule has 4 rings (SSSR count). The Bertz CT molecular complexity index is 1190. The maximum absolute atomic E-state index is 10.3. The number of hydrogen-bond acceptors (Lipinski definition) is 8. The quantitative estimate of drug-likeness (QED) is 0.302. The second kappa shape index (κ2) is 10.8. The molecule has 0 spiro atoms. The summed E-state index contributed by atoms with van der Waals surface area (Å²) in [6, 6.07) is 16.9. The van der Waals surface area contributed by atoms with Crippen LogP contribution >= 0.6 is 0 Å². The summed E-state index contributed by atoms with van der Waals surface area (Å²) in [5.74, 6) is 7.72. The van der Waals surface area contributed by atoms with Gasteiger partial charge >= 0.3 is 0 Å². The fraction of sp³-hybridized carbons (Fsp3) is 0.269. The maximum Gasteiger partial charge on any atom is 0.171 e. The first-order chi connectivity index (χ1) is 16.6. The third-order valence-corrected chi connectivity index (χ3v) is 5.76. The normalized spacial score (nSPS) is 16.4. The second-order valence-corrected chi connectivity index (χ2v) is 7.98. The highest BCUT2D eigenvalue weighted by Gasteiger charge is 2.29. The van der Waals surface area contributed by atoms with Gasteiger partial charge in [0.2, 0.25) is 0 Å². The molecular weight excluding hydrogens is 428 g/mol. The second-order valence-electron chi connectivity index (χ2n) is 7.98. The Balaban J connectivity index is 1.49. The third kappa shape index (κ3) is 5.34. The molecule has 174 valence electrons. The van der Waals surface area contributed by atoms with Gasteiger partial charge in [0.15, 0.2) is 6.23 Å². The van der Waals surface area contributed by atoms with E-state index >= 15 is 0 Å². The van der Waals surface area contributed by atoms with E-state index in [1.54, 1.807) is 6.92 Å². The minimum Gasteiger partial charge on any atom is -0.457 e. The van der Waals surface area contributed by atoms with Crippen molar-refractivity contribution in [1.29, 1.82) is 5.41 Å². The Hall–Kier alpha value is -3.93. The van der Waals surface area contributed by atoms with Crippen LogP contribution in [0.15, 0.2) is 60.9 Å². The molecule has 34 heavy (non-hydrogen) atoms. The highest BCUT2D eigenvalue weighted by atomic mass is 16.5. The van der Waals surface area contributed by atoms with E-state index in [9.17, 15) is 5.11 Å². The van der Waals surface area contributed by atoms with Gasteiger partial charge in [-0.1, -0.05) is 24.1 Å². The summed E-state index contributed by atoms with van der Waals surface area (Å²) >= 11 is 0. The number of aliphatic hydroxyl groups is 1. The lowest BCUT2D eigenvalue weighted by molar-refractivity contribution is 0.0431. The van der Waals surface area contributed by atoms with Crippen molar-refractivity contribution in [3.63, 3.8) is 0 Å². The summed E-state index contributed by atoms with van der Waals surface area (Å²) in [7, 11) is 0. The molecule has 1 unspecified atom stereocenters. The molecule has 1 aromatic heterocycles. The number of nitrogen functional groups attached to an aromatic ring is 1. The predicted octanol–water partition coefficient (Wildman–Crippen LogP) is 3.49. The van der Waals surface area contributed by atoms with Gasteiger partial charge in [0.25, 0.3) is 0 Å². The standard InChI is InChI=1S/C26H28N6O2/c1-2-7-22(33)32-15-6-8-19(32)16-29-26-23(25(28)30-17-31-26)24(27)18-11-13-21(14-12-18)34-20-9-4-3-5-10-20/h3-5,9-14,17,19,22,27,33H,6,8,15-16H2,1H3,(H3,28,29,30,31)/t19-,22?/m1/s1. The first kappa shape index (κ1) is 23.2. The van der Waals surface area contributed by atoms with Crippen LogP contribution < -0.4 is 15.8 Å². The Kier molecular flexibility index (Phi) is 7.38. The highest BCUT2D eigenvalue weighted by molar-refractivity contribution is 6.16. The number of nitrogens with zero attached hydrogens (tertiary/aromatic N) is 3. The molecule has 1 aliphatic heterocycles. The van der Waals surface area contributed by atoms with Gasteiger partial charge in [0.1, 0.15) is 29.5 Å². The van der Waals surface area contributed by atoms with Gasteiger partial charge in [-0.3, -0.25) is 10.3 Å². The molecule has 0 aliphatic carbocycles. The summed E-state index contributed by atoms with van der Waals surface area (Å²) < 4.78 is 5.84. The summed E-state index contributed by atoms with van der Waals surface area (Å²) in [5.41, 5.74) is 7.49. The van der Waals surface area contributed by atoms with E-state index in [4.69, 9.17) is 15.9 Å². The van der Waals surface area contributed by atoms with E-state index in [1.807, 2.05) is 59.5 Å². The van der Waals surface area contributed by atoms with Crippen LogP contribution in [0.3, 0.4) is 0 Å². The molecule has 3 aromatic rings. The van der Waals surface area contributed by atoms with Crippen molar-refractivity contribution in [3.8, 4) is 23.3 Å². The summed E-state index contributed by atoms with van der Waals surface area (Å²) in [6.07, 6.45) is 2.52. The molecule has 1 fully saturated rings. The minimum absolute atomic E-state index is 0.100. The molecule has 2 atom stereocenters. The van der Waals surface area contributed by atoms with Gasteiger partial charge in [0, 0.05) is 24.7 Å². The summed E-state index contributed by atoms with van der Waals surface area (Å²) in [4.78, 5) is 10.4. The van der Waals surface area contributed by atoms with Gasteiger partial charge in [-0.2, -0.15) is 0 Å². The van der Waals surface area contributed by atoms with Gasteiger partial charge in [0.05, 0.1) is 11.3 Å². The average Bonchev–Trinajstić information content (AvgIpc) is 3.32. The number of aliphatic hydroxyl groups excluding tert-OH is 1. The summed E-state index contributed by atoms with van der Waals surface area (Å²) in [5, 5.41) is 22.4. The van der Waals surface area contributed by atoms with Crippen molar-refractivity contribution in [2.45, 2.75) is 32.0 Å². The molecule has 2 heterocycles. The Morgan fingerprint density at radius 2 is 1.94 bits per heavy atom. The van der Waals surface area contributed by atoms with Gasteiger partial charge in [-0.15, -0.1) is 5.92 Å². The number of rotatable bonds is 8. The van der Waals surface area contributed by atoms with Gasteiger partial charge in [-0.25, -0.2) is 9.97 Å². The molecule has 0 radical (unpaired) electrons. The van der Waals surface area contributed by atoms with Crippen LogP contribution in [0.5, 0.6) is 11.5 Å². The smallest absolute Gasteiger partial charge is 0.171 e. The molecule has 8 heteroatoms. The largest absolute Gasteiger partial charge is 0.457 e. The molecule has 8 nitrogen and oxygen atoms in total. The molecule has 1 aliphatic rings. The van der Waals surface area contributed by atoms with Crippen LogP contribution in [-0.4, -0.2) is 51.0 Å². The van der Waals surface area contributed by atoms with E-state index in [0.29, 0.717) is 29.2 Å². The lowest BCUT2D eigenvalue weighted by Gasteiger charge is -2.27. The zero-order valence-corrected chi connectivity index (χ0v) is 19.0. The topological polar surface area (TPSA) is 120 Å². The van der Waals surface area contributed by atoms with E-state index in [2.05, 4.69) is 27.1 Å². The van der Waals surface area contributed by atoms with Crippen molar-refractivity contribution >= 4 is 17.3 Å². The summed E-state index contributed by atoms with van der Waals surface area (Å²) in [6.45, 7) is 3.05. The number of hydrogen-bond donors (Lipinski definition) is 4. The minimum atomic E-state index is -0.788. The fourth-order valence-corrected chi connectivity index (χ4v) is 4.06. The number of ether oxygens (including phenoxy) is 1. The molecule has 5 N–H and O–H groups in total. The molecule has 1 saturated heterocycles. The maximum atomic E-state index is 10.3. The SMILES string of the molecule is CC#CC(O)N1CCC[C@@H]1CNc1ncnc(N)c1C(=N)c1ccc(Oc2ccccc2)cc1. The van der Waals surface area contributed by atoms with E-state index in [0.717, 1.165) is 25.1 Å². The number of benzene rings is 2. The molecule has 0 amide bonds. The number of likely N-dealkylation sites (tertiary alicyclic amines) is 1. The first-order valence-corrected chi connectivity index (χ1v) is 11.2. The first-order valence-electron chi connectivity index (χ1n) is 11.2. The average molecular weight is 457 g/mol. The van der Waals surface area contributed by atoms with E-state index in [-0.39, 0.29) is 17.6 Å². The predicted molar refractivity (Wildman–Crippen MR) is 133 cm³/mol. The van der Waals surface area contributed by atoms with Crippen LogP contribution in [0.25, 0.3) is 0 Å². The number of aromatic nitrogens is 2. The zero-order valence-electron chi connectivity index (χ0n) is 19.0. The molecule has 0 saturated carbocycles. The lowest BCUT2D eigenvalue weighted by Crippen LogP contribution is -2.41. The van der Waals surface area contributed by atoms with Crippen molar-refractivity contribution in [2.75, 3.05) is 24.1 Å². The fourth-order valence-electron chi connectivity index (χ4n) is 4.06.